The molecule has 34 heavy (non-hydrogen) atoms. The lowest BCUT2D eigenvalue weighted by Crippen LogP contribution is -2.45. The summed E-state index contributed by atoms with van der Waals surface area (Å²) in [5, 5.41) is 10.3. The molecule has 1 atom stereocenters. The molecule has 1 saturated heterocycles. The Morgan fingerprint density at radius 3 is 2.91 bits per heavy atom. The van der Waals surface area contributed by atoms with E-state index in [9.17, 15) is 19.2 Å². The van der Waals surface area contributed by atoms with Crippen LogP contribution in [0.2, 0.25) is 0 Å². The first kappa shape index (κ1) is 21.6. The Hall–Kier alpha value is -4.27. The fraction of sp³-hybridized carbons (Fsp3) is 0.240. The molecule has 1 unspecified atom stereocenters. The van der Waals surface area contributed by atoms with Gasteiger partial charge in [0.15, 0.2) is 0 Å². The number of fused-ring (bicyclic) bond motifs is 2. The summed E-state index contributed by atoms with van der Waals surface area (Å²) < 4.78 is 6.89. The first-order valence-corrected chi connectivity index (χ1v) is 11.0. The second-order valence-electron chi connectivity index (χ2n) is 8.42. The highest BCUT2D eigenvalue weighted by molar-refractivity contribution is 6.00. The van der Waals surface area contributed by atoms with E-state index >= 15 is 0 Å². The largest absolute Gasteiger partial charge is 0.488 e. The third-order valence-electron chi connectivity index (χ3n) is 6.07. The number of imide groups is 1. The topological polar surface area (TPSA) is 119 Å². The molecule has 2 aliphatic heterocycles. The van der Waals surface area contributed by atoms with Crippen molar-refractivity contribution in [1.82, 2.24) is 20.4 Å². The van der Waals surface area contributed by atoms with Crippen LogP contribution < -0.4 is 20.9 Å². The highest BCUT2D eigenvalue weighted by Crippen LogP contribution is 2.29. The summed E-state index contributed by atoms with van der Waals surface area (Å²) in [5.41, 5.74) is 2.83. The van der Waals surface area contributed by atoms with Gasteiger partial charge in [0, 0.05) is 23.9 Å². The van der Waals surface area contributed by atoms with Crippen molar-refractivity contribution in [3.8, 4) is 5.75 Å². The molecule has 5 rings (SSSR count). The van der Waals surface area contributed by atoms with Gasteiger partial charge in [-0.1, -0.05) is 24.3 Å². The van der Waals surface area contributed by atoms with E-state index in [2.05, 4.69) is 15.7 Å². The second kappa shape index (κ2) is 8.58. The summed E-state index contributed by atoms with van der Waals surface area (Å²) >= 11 is 0. The Labute approximate surface area is 194 Å². The van der Waals surface area contributed by atoms with Gasteiger partial charge in [0.05, 0.1) is 17.2 Å². The molecule has 0 spiro atoms. The summed E-state index contributed by atoms with van der Waals surface area (Å²) in [6, 6.07) is 10.2. The molecule has 172 valence electrons. The number of hydrogen-bond acceptors (Lipinski definition) is 6. The summed E-state index contributed by atoms with van der Waals surface area (Å²) in [6.45, 7) is 2.43. The Bertz CT molecular complexity index is 1440. The minimum Gasteiger partial charge on any atom is -0.488 e. The first-order valence-electron chi connectivity index (χ1n) is 11.0. The number of nitrogens with zero attached hydrogens (tertiary/aromatic N) is 2. The zero-order valence-electron chi connectivity index (χ0n) is 18.5. The number of nitrogens with one attached hydrogen (secondary N) is 2. The number of benzene rings is 2. The van der Waals surface area contributed by atoms with Crippen LogP contribution in [-0.2, 0) is 20.9 Å². The Balaban J connectivity index is 1.31. The minimum absolute atomic E-state index is 0.161. The van der Waals surface area contributed by atoms with Crippen LogP contribution in [0, 0.1) is 6.92 Å². The molecule has 0 aliphatic carbocycles. The lowest BCUT2D eigenvalue weighted by atomic mass is 10.0. The quantitative estimate of drug-likeness (QED) is 0.575. The van der Waals surface area contributed by atoms with Crippen molar-refractivity contribution in [2.45, 2.75) is 32.4 Å². The number of amides is 3. The molecule has 9 heteroatoms. The predicted octanol–water partition coefficient (Wildman–Crippen LogP) is 1.77. The van der Waals surface area contributed by atoms with Crippen LogP contribution >= 0.6 is 0 Å². The normalized spacial score (nSPS) is 17.4. The van der Waals surface area contributed by atoms with Gasteiger partial charge in [0.1, 0.15) is 18.4 Å². The molecule has 2 aromatic carbocycles. The van der Waals surface area contributed by atoms with Gasteiger partial charge in [-0.2, -0.15) is 5.10 Å². The van der Waals surface area contributed by atoms with Crippen molar-refractivity contribution in [3.05, 3.63) is 75.2 Å². The van der Waals surface area contributed by atoms with E-state index in [-0.39, 0.29) is 37.8 Å². The van der Waals surface area contributed by atoms with Gasteiger partial charge >= 0.3 is 0 Å². The maximum Gasteiger partial charge on any atom is 0.275 e. The van der Waals surface area contributed by atoms with Crippen molar-refractivity contribution in [3.63, 3.8) is 0 Å². The fourth-order valence-corrected chi connectivity index (χ4v) is 4.25. The molecule has 2 N–H and O–H groups in total. The van der Waals surface area contributed by atoms with Crippen LogP contribution in [0.1, 0.15) is 35.6 Å². The maximum absolute atomic E-state index is 12.9. The van der Waals surface area contributed by atoms with Crippen LogP contribution in [0.4, 0.5) is 0 Å². The number of aromatic nitrogens is 2. The Morgan fingerprint density at radius 2 is 2.09 bits per heavy atom. The minimum atomic E-state index is -0.812. The number of ether oxygens (including phenoxy) is 1. The SMILES string of the molecule is Cc1cccc2c1OCC(C(=O)NCc1ccc3c(=O)n(C4CCC(=O)NC4=O)ncc3c1)=C2. The molecular weight excluding hydrogens is 436 g/mol. The number of para-hydroxylation sites is 1. The van der Waals surface area contributed by atoms with Crippen molar-refractivity contribution in [2.75, 3.05) is 6.61 Å². The van der Waals surface area contributed by atoms with E-state index in [4.69, 9.17) is 4.74 Å². The summed E-state index contributed by atoms with van der Waals surface area (Å²) in [4.78, 5) is 49.1. The van der Waals surface area contributed by atoms with Crippen LogP contribution in [0.15, 0.2) is 53.0 Å². The third kappa shape index (κ3) is 3.96. The lowest BCUT2D eigenvalue weighted by molar-refractivity contribution is -0.136. The van der Waals surface area contributed by atoms with Crippen molar-refractivity contribution in [1.29, 1.82) is 0 Å². The van der Waals surface area contributed by atoms with Crippen LogP contribution in [0.3, 0.4) is 0 Å². The van der Waals surface area contributed by atoms with Gasteiger partial charge in [0.25, 0.3) is 17.4 Å². The average molecular weight is 458 g/mol. The highest BCUT2D eigenvalue weighted by Gasteiger charge is 2.30. The van der Waals surface area contributed by atoms with Gasteiger partial charge in [-0.15, -0.1) is 0 Å². The van der Waals surface area contributed by atoms with E-state index in [1.54, 1.807) is 18.2 Å². The van der Waals surface area contributed by atoms with Crippen molar-refractivity contribution < 1.29 is 19.1 Å². The smallest absolute Gasteiger partial charge is 0.275 e. The fourth-order valence-electron chi connectivity index (χ4n) is 4.25. The van der Waals surface area contributed by atoms with Crippen molar-refractivity contribution in [2.24, 2.45) is 0 Å². The number of carbonyl (C=O) groups is 3. The Kier molecular flexibility index (Phi) is 5.45. The number of rotatable bonds is 4. The maximum atomic E-state index is 12.9. The van der Waals surface area contributed by atoms with Gasteiger partial charge in [-0.3, -0.25) is 24.5 Å². The molecular formula is C25H22N4O5. The second-order valence-corrected chi connectivity index (χ2v) is 8.42. The summed E-state index contributed by atoms with van der Waals surface area (Å²) in [6.07, 6.45) is 3.75. The molecule has 9 nitrogen and oxygen atoms in total. The molecule has 3 aromatic rings. The van der Waals surface area contributed by atoms with Gasteiger partial charge in [-0.25, -0.2) is 4.68 Å². The van der Waals surface area contributed by atoms with Crippen LogP contribution in [0.25, 0.3) is 16.8 Å². The van der Waals surface area contributed by atoms with Crippen LogP contribution in [0.5, 0.6) is 5.75 Å². The first-order chi connectivity index (χ1) is 16.4. The van der Waals surface area contributed by atoms with Gasteiger partial charge < -0.3 is 10.1 Å². The Morgan fingerprint density at radius 1 is 1.24 bits per heavy atom. The van der Waals surface area contributed by atoms with Gasteiger partial charge in [0.2, 0.25) is 5.91 Å². The zero-order valence-corrected chi connectivity index (χ0v) is 18.5. The van der Waals surface area contributed by atoms with Gasteiger partial charge in [-0.05, 0) is 42.7 Å². The average Bonchev–Trinajstić information content (AvgIpc) is 2.83. The predicted molar refractivity (Wildman–Crippen MR) is 124 cm³/mol. The molecule has 1 aromatic heterocycles. The molecule has 2 aliphatic rings. The van der Waals surface area contributed by atoms with Crippen LogP contribution in [-0.4, -0.2) is 34.1 Å². The van der Waals surface area contributed by atoms with E-state index in [0.717, 1.165) is 27.1 Å². The molecule has 3 amide bonds. The number of piperidine rings is 1. The monoisotopic (exact) mass is 458 g/mol. The number of hydrogen-bond donors (Lipinski definition) is 2. The molecule has 1 fully saturated rings. The molecule has 0 saturated carbocycles. The molecule has 0 radical (unpaired) electrons. The molecule has 3 heterocycles. The summed E-state index contributed by atoms with van der Waals surface area (Å²) in [5.74, 6) is -0.303. The third-order valence-corrected chi connectivity index (χ3v) is 6.07. The van der Waals surface area contributed by atoms with E-state index < -0.39 is 17.5 Å². The zero-order chi connectivity index (χ0) is 23.8. The van der Waals surface area contributed by atoms with Crippen molar-refractivity contribution >= 4 is 34.6 Å². The van der Waals surface area contributed by atoms with E-state index in [1.807, 2.05) is 31.2 Å². The standard InChI is InChI=1S/C25H22N4O5/c1-14-3-2-4-16-10-18(13-34-22(14)16)23(31)26-11-15-5-6-19-17(9-15)12-27-29(25(19)33)20-7-8-21(30)28-24(20)32/h2-6,9-10,12,20H,7-8,11,13H2,1H3,(H,26,31)(H,28,30,32). The highest BCUT2D eigenvalue weighted by atomic mass is 16.5. The lowest BCUT2D eigenvalue weighted by Gasteiger charge is -2.21. The number of aryl methyl sites for hydroxylation is 1. The number of carbonyl (C=O) groups excluding carboxylic acids is 3. The summed E-state index contributed by atoms with van der Waals surface area (Å²) in [7, 11) is 0. The van der Waals surface area contributed by atoms with E-state index in [1.165, 1.54) is 6.20 Å². The van der Waals surface area contributed by atoms with E-state index in [0.29, 0.717) is 16.3 Å². The molecule has 0 bridgehead atoms.